The highest BCUT2D eigenvalue weighted by atomic mass is 16.5. The Labute approximate surface area is 117 Å². The van der Waals surface area contributed by atoms with Crippen LogP contribution >= 0.6 is 0 Å². The average Bonchev–Trinajstić information content (AvgIpc) is 3.14. The van der Waals surface area contributed by atoms with E-state index in [4.69, 9.17) is 4.74 Å². The van der Waals surface area contributed by atoms with Gasteiger partial charge in [-0.3, -0.25) is 9.59 Å². The van der Waals surface area contributed by atoms with Gasteiger partial charge in [-0.05, 0) is 43.9 Å². The molecule has 0 spiro atoms. The fourth-order valence-corrected chi connectivity index (χ4v) is 2.27. The molecule has 0 bridgehead atoms. The van der Waals surface area contributed by atoms with Crippen molar-refractivity contribution in [3.05, 3.63) is 24.3 Å². The van der Waals surface area contributed by atoms with Crippen molar-refractivity contribution in [2.24, 2.45) is 5.92 Å². The van der Waals surface area contributed by atoms with Gasteiger partial charge in [-0.2, -0.15) is 0 Å². The predicted molar refractivity (Wildman–Crippen MR) is 75.4 cm³/mol. The van der Waals surface area contributed by atoms with E-state index in [-0.39, 0.29) is 23.8 Å². The Balaban J connectivity index is 1.61. The van der Waals surface area contributed by atoms with Crippen molar-refractivity contribution >= 4 is 23.2 Å². The zero-order valence-corrected chi connectivity index (χ0v) is 11.2. The molecule has 0 unspecified atom stereocenters. The molecule has 1 heterocycles. The van der Waals surface area contributed by atoms with Crippen molar-refractivity contribution in [2.45, 2.75) is 31.8 Å². The molecular weight excluding hydrogens is 256 g/mol. The zero-order chi connectivity index (χ0) is 13.9. The third kappa shape index (κ3) is 3.17. The molecule has 2 fully saturated rings. The molecule has 0 radical (unpaired) electrons. The minimum atomic E-state index is -0.347. The smallest absolute Gasteiger partial charge is 0.253 e. The summed E-state index contributed by atoms with van der Waals surface area (Å²) >= 11 is 0. The van der Waals surface area contributed by atoms with Gasteiger partial charge in [0.1, 0.15) is 6.10 Å². The van der Waals surface area contributed by atoms with Crippen LogP contribution in [0.3, 0.4) is 0 Å². The maximum absolute atomic E-state index is 11.9. The summed E-state index contributed by atoms with van der Waals surface area (Å²) in [5.74, 6) is 0.112. The van der Waals surface area contributed by atoms with Gasteiger partial charge in [-0.1, -0.05) is 6.07 Å². The van der Waals surface area contributed by atoms with E-state index in [1.807, 2.05) is 12.1 Å². The van der Waals surface area contributed by atoms with E-state index in [2.05, 4.69) is 10.6 Å². The van der Waals surface area contributed by atoms with Gasteiger partial charge in [-0.25, -0.2) is 0 Å². The second-order valence-electron chi connectivity index (χ2n) is 5.34. The lowest BCUT2D eigenvalue weighted by molar-refractivity contribution is -0.124. The summed E-state index contributed by atoms with van der Waals surface area (Å²) in [6.45, 7) is 0.648. The van der Waals surface area contributed by atoms with Gasteiger partial charge in [0.05, 0.1) is 0 Å². The van der Waals surface area contributed by atoms with Crippen LogP contribution in [0.1, 0.15) is 25.7 Å². The van der Waals surface area contributed by atoms with Crippen molar-refractivity contribution in [3.8, 4) is 0 Å². The first-order chi connectivity index (χ1) is 9.72. The molecule has 1 aromatic carbocycles. The number of benzene rings is 1. The van der Waals surface area contributed by atoms with Gasteiger partial charge < -0.3 is 15.4 Å². The summed E-state index contributed by atoms with van der Waals surface area (Å²) < 4.78 is 5.34. The highest BCUT2D eigenvalue weighted by molar-refractivity contribution is 5.97. The number of amides is 2. The lowest BCUT2D eigenvalue weighted by atomic mass is 10.2. The highest BCUT2D eigenvalue weighted by Gasteiger charge is 2.29. The molecule has 3 rings (SSSR count). The van der Waals surface area contributed by atoms with Crippen molar-refractivity contribution < 1.29 is 14.3 Å². The molecule has 1 aromatic rings. The number of hydrogen-bond acceptors (Lipinski definition) is 3. The lowest BCUT2D eigenvalue weighted by Crippen LogP contribution is -2.26. The summed E-state index contributed by atoms with van der Waals surface area (Å²) in [5.41, 5.74) is 1.39. The fourth-order valence-electron chi connectivity index (χ4n) is 2.27. The Hall–Kier alpha value is -1.88. The second kappa shape index (κ2) is 5.63. The van der Waals surface area contributed by atoms with Crippen LogP contribution < -0.4 is 10.6 Å². The van der Waals surface area contributed by atoms with Crippen LogP contribution in [-0.4, -0.2) is 24.5 Å². The Morgan fingerprint density at radius 3 is 2.35 bits per heavy atom. The van der Waals surface area contributed by atoms with E-state index in [1.165, 1.54) is 0 Å². The first-order valence-electron chi connectivity index (χ1n) is 7.06. The lowest BCUT2D eigenvalue weighted by Gasteiger charge is -2.11. The molecule has 5 nitrogen and oxygen atoms in total. The molecule has 20 heavy (non-hydrogen) atoms. The number of carbonyl (C=O) groups is 2. The first-order valence-corrected chi connectivity index (χ1v) is 7.06. The summed E-state index contributed by atoms with van der Waals surface area (Å²) in [6.07, 6.45) is 3.29. The minimum absolute atomic E-state index is 0.0626. The maximum Gasteiger partial charge on any atom is 0.253 e. The molecule has 2 aliphatic rings. The number of ether oxygens (including phenoxy) is 1. The Morgan fingerprint density at radius 2 is 1.75 bits per heavy atom. The molecule has 1 atom stereocenters. The SMILES string of the molecule is O=C(Nc1cccc(NC(=O)[C@@H]2CCCO2)c1)C1CC1. The van der Waals surface area contributed by atoms with E-state index in [1.54, 1.807) is 12.1 Å². The molecule has 1 saturated heterocycles. The van der Waals surface area contributed by atoms with E-state index in [0.717, 1.165) is 25.7 Å². The van der Waals surface area contributed by atoms with E-state index in [9.17, 15) is 9.59 Å². The summed E-state index contributed by atoms with van der Waals surface area (Å²) in [6, 6.07) is 7.21. The normalized spacial score (nSPS) is 21.5. The van der Waals surface area contributed by atoms with Gasteiger partial charge in [0, 0.05) is 23.9 Å². The zero-order valence-electron chi connectivity index (χ0n) is 11.2. The van der Waals surface area contributed by atoms with Crippen LogP contribution in [0.4, 0.5) is 11.4 Å². The summed E-state index contributed by atoms with van der Waals surface area (Å²) in [5, 5.41) is 5.69. The number of rotatable bonds is 4. The predicted octanol–water partition coefficient (Wildman–Crippen LogP) is 2.15. The average molecular weight is 274 g/mol. The molecule has 1 saturated carbocycles. The van der Waals surface area contributed by atoms with Crippen LogP contribution in [0, 0.1) is 5.92 Å². The Morgan fingerprint density at radius 1 is 1.05 bits per heavy atom. The van der Waals surface area contributed by atoms with Crippen molar-refractivity contribution in [1.29, 1.82) is 0 Å². The topological polar surface area (TPSA) is 67.4 Å². The largest absolute Gasteiger partial charge is 0.368 e. The Kier molecular flexibility index (Phi) is 3.69. The fraction of sp³-hybridized carbons (Fsp3) is 0.467. The van der Waals surface area contributed by atoms with Crippen LogP contribution in [0.25, 0.3) is 0 Å². The number of anilines is 2. The number of nitrogens with one attached hydrogen (secondary N) is 2. The third-order valence-electron chi connectivity index (χ3n) is 3.57. The van der Waals surface area contributed by atoms with Crippen molar-refractivity contribution in [2.75, 3.05) is 17.2 Å². The Bertz CT molecular complexity index is 520. The third-order valence-corrected chi connectivity index (χ3v) is 3.57. The standard InChI is InChI=1S/C15H18N2O3/c18-14(10-6-7-10)16-11-3-1-4-12(9-11)17-15(19)13-5-2-8-20-13/h1,3-4,9-10,13H,2,5-8H2,(H,16,18)(H,17,19)/t13-/m0/s1. The van der Waals surface area contributed by atoms with Gasteiger partial charge in [0.25, 0.3) is 5.91 Å². The van der Waals surface area contributed by atoms with Crippen molar-refractivity contribution in [1.82, 2.24) is 0 Å². The van der Waals surface area contributed by atoms with Gasteiger partial charge in [0.2, 0.25) is 5.91 Å². The molecule has 2 amide bonds. The van der Waals surface area contributed by atoms with Crippen LogP contribution in [0.2, 0.25) is 0 Å². The molecule has 0 aromatic heterocycles. The molecule has 106 valence electrons. The molecular formula is C15H18N2O3. The summed E-state index contributed by atoms with van der Waals surface area (Å²) in [4.78, 5) is 23.6. The summed E-state index contributed by atoms with van der Waals surface area (Å²) in [7, 11) is 0. The van der Waals surface area contributed by atoms with Crippen LogP contribution in [0.15, 0.2) is 24.3 Å². The quantitative estimate of drug-likeness (QED) is 0.884. The van der Waals surface area contributed by atoms with Crippen molar-refractivity contribution in [3.63, 3.8) is 0 Å². The first kappa shape index (κ1) is 13.1. The highest BCUT2D eigenvalue weighted by Crippen LogP contribution is 2.30. The van der Waals surface area contributed by atoms with E-state index in [0.29, 0.717) is 18.0 Å². The molecule has 1 aliphatic heterocycles. The minimum Gasteiger partial charge on any atom is -0.368 e. The maximum atomic E-state index is 11.9. The molecule has 5 heteroatoms. The van der Waals surface area contributed by atoms with E-state index < -0.39 is 0 Å². The second-order valence-corrected chi connectivity index (χ2v) is 5.34. The van der Waals surface area contributed by atoms with E-state index >= 15 is 0 Å². The molecule has 2 N–H and O–H groups in total. The monoisotopic (exact) mass is 274 g/mol. The van der Waals surface area contributed by atoms with Gasteiger partial charge in [0.15, 0.2) is 0 Å². The number of hydrogen-bond donors (Lipinski definition) is 2. The van der Waals surface area contributed by atoms with Crippen LogP contribution in [-0.2, 0) is 14.3 Å². The number of carbonyl (C=O) groups excluding carboxylic acids is 2. The molecule has 1 aliphatic carbocycles. The van der Waals surface area contributed by atoms with Gasteiger partial charge >= 0.3 is 0 Å². The van der Waals surface area contributed by atoms with Crippen LogP contribution in [0.5, 0.6) is 0 Å². The van der Waals surface area contributed by atoms with Gasteiger partial charge in [-0.15, -0.1) is 0 Å².